The molecule has 1 aromatic rings. The number of anilines is 1. The normalized spacial score (nSPS) is 12.9. The molecule has 0 saturated heterocycles. The Morgan fingerprint density at radius 3 is 2.27 bits per heavy atom. The maximum atomic E-state index is 3.29. The van der Waals surface area contributed by atoms with Crippen LogP contribution in [0.5, 0.6) is 0 Å². The lowest BCUT2D eigenvalue weighted by atomic mass is 10.0. The van der Waals surface area contributed by atoms with Crippen LogP contribution in [0.25, 0.3) is 0 Å². The van der Waals surface area contributed by atoms with Crippen molar-refractivity contribution in [3.05, 3.63) is 29.8 Å². The highest BCUT2D eigenvalue weighted by Crippen LogP contribution is 2.26. The topological polar surface area (TPSA) is 15.3 Å². The van der Waals surface area contributed by atoms with E-state index in [0.29, 0.717) is 12.1 Å². The van der Waals surface area contributed by atoms with Crippen molar-refractivity contribution >= 4 is 5.69 Å². The lowest BCUT2D eigenvalue weighted by Gasteiger charge is -2.28. The zero-order valence-corrected chi connectivity index (χ0v) is 10.4. The summed E-state index contributed by atoms with van der Waals surface area (Å²) in [5.74, 6) is 0. The summed E-state index contributed by atoms with van der Waals surface area (Å²) in [6, 6.07) is 9.48. The maximum Gasteiger partial charge on any atom is 0.0414 e. The van der Waals surface area contributed by atoms with Gasteiger partial charge in [-0.25, -0.2) is 0 Å². The highest BCUT2D eigenvalue weighted by molar-refractivity contribution is 5.54. The molecule has 1 atom stereocenters. The van der Waals surface area contributed by atoms with E-state index < -0.39 is 0 Å². The van der Waals surface area contributed by atoms with Gasteiger partial charge >= 0.3 is 0 Å². The van der Waals surface area contributed by atoms with E-state index in [1.54, 1.807) is 0 Å². The van der Waals surface area contributed by atoms with Gasteiger partial charge < -0.3 is 10.2 Å². The Bertz CT molecular complexity index is 307. The molecule has 0 amide bonds. The van der Waals surface area contributed by atoms with Gasteiger partial charge in [0.25, 0.3) is 0 Å². The van der Waals surface area contributed by atoms with Gasteiger partial charge in [-0.05, 0) is 39.4 Å². The van der Waals surface area contributed by atoms with E-state index in [-0.39, 0.29) is 0 Å². The van der Waals surface area contributed by atoms with E-state index in [4.69, 9.17) is 0 Å². The third-order valence-corrected chi connectivity index (χ3v) is 2.99. The van der Waals surface area contributed by atoms with Crippen molar-refractivity contribution in [2.24, 2.45) is 0 Å². The van der Waals surface area contributed by atoms with E-state index in [1.807, 2.05) is 7.05 Å². The Hall–Kier alpha value is -1.02. The minimum Gasteiger partial charge on any atom is -0.372 e. The lowest BCUT2D eigenvalue weighted by molar-refractivity contribution is 0.644. The third kappa shape index (κ3) is 2.72. The Balaban J connectivity index is 3.06. The summed E-state index contributed by atoms with van der Waals surface area (Å²) in [6.45, 7) is 6.61. The summed E-state index contributed by atoms with van der Waals surface area (Å²) in [4.78, 5) is 2.31. The molecule has 0 aliphatic carbocycles. The first-order valence-corrected chi connectivity index (χ1v) is 5.57. The summed E-state index contributed by atoms with van der Waals surface area (Å²) in [5.41, 5.74) is 2.67. The standard InChI is InChI=1S/C13H22N2/c1-10(2)15(5)13-9-7-6-8-12(13)11(3)14-4/h6-11,14H,1-5H3. The number of hydrogen-bond acceptors (Lipinski definition) is 2. The monoisotopic (exact) mass is 206 g/mol. The first-order valence-electron chi connectivity index (χ1n) is 5.57. The van der Waals surface area contributed by atoms with Gasteiger partial charge in [0.2, 0.25) is 0 Å². The number of nitrogens with zero attached hydrogens (tertiary/aromatic N) is 1. The summed E-state index contributed by atoms with van der Waals surface area (Å²) < 4.78 is 0. The highest BCUT2D eigenvalue weighted by atomic mass is 15.1. The van der Waals surface area contributed by atoms with Crippen LogP contribution in [0.4, 0.5) is 5.69 Å². The van der Waals surface area contributed by atoms with E-state index >= 15 is 0 Å². The number of hydrogen-bond donors (Lipinski definition) is 1. The summed E-state index contributed by atoms with van der Waals surface area (Å²) >= 11 is 0. The molecule has 0 aliphatic rings. The predicted molar refractivity (Wildman–Crippen MR) is 67.5 cm³/mol. The van der Waals surface area contributed by atoms with Gasteiger partial charge in [-0.3, -0.25) is 0 Å². The zero-order chi connectivity index (χ0) is 11.4. The van der Waals surface area contributed by atoms with Gasteiger partial charge in [-0.2, -0.15) is 0 Å². The molecule has 15 heavy (non-hydrogen) atoms. The molecular weight excluding hydrogens is 184 g/mol. The molecular formula is C13H22N2. The first kappa shape index (κ1) is 12.1. The van der Waals surface area contributed by atoms with E-state index in [1.165, 1.54) is 11.3 Å². The molecule has 0 aromatic heterocycles. The SMILES string of the molecule is CNC(C)c1ccccc1N(C)C(C)C. The van der Waals surface area contributed by atoms with Crippen molar-refractivity contribution in [3.63, 3.8) is 0 Å². The molecule has 1 unspecified atom stereocenters. The summed E-state index contributed by atoms with van der Waals surface area (Å²) in [5, 5.41) is 3.29. The average Bonchev–Trinajstić information content (AvgIpc) is 2.27. The predicted octanol–water partition coefficient (Wildman–Crippen LogP) is 2.81. The second-order valence-corrected chi connectivity index (χ2v) is 4.27. The maximum absolute atomic E-state index is 3.29. The van der Waals surface area contributed by atoms with Crippen molar-refractivity contribution in [2.75, 3.05) is 19.0 Å². The Morgan fingerprint density at radius 2 is 1.73 bits per heavy atom. The number of para-hydroxylation sites is 1. The van der Waals surface area contributed by atoms with Crippen molar-refractivity contribution in [1.29, 1.82) is 0 Å². The molecule has 1 N–H and O–H groups in total. The number of rotatable bonds is 4. The van der Waals surface area contributed by atoms with Crippen molar-refractivity contribution in [2.45, 2.75) is 32.9 Å². The summed E-state index contributed by atoms with van der Waals surface area (Å²) in [6.07, 6.45) is 0. The van der Waals surface area contributed by atoms with Crippen molar-refractivity contribution in [3.8, 4) is 0 Å². The molecule has 0 heterocycles. The van der Waals surface area contributed by atoms with Crippen molar-refractivity contribution < 1.29 is 0 Å². The smallest absolute Gasteiger partial charge is 0.0414 e. The fourth-order valence-electron chi connectivity index (χ4n) is 1.61. The van der Waals surface area contributed by atoms with Crippen LogP contribution in [0.1, 0.15) is 32.4 Å². The molecule has 0 radical (unpaired) electrons. The Kier molecular flexibility index (Phi) is 4.15. The zero-order valence-electron chi connectivity index (χ0n) is 10.4. The molecule has 2 heteroatoms. The first-order chi connectivity index (χ1) is 7.07. The molecule has 1 aromatic carbocycles. The van der Waals surface area contributed by atoms with Crippen LogP contribution in [0.2, 0.25) is 0 Å². The van der Waals surface area contributed by atoms with Crippen LogP contribution in [-0.2, 0) is 0 Å². The Labute approximate surface area is 93.3 Å². The number of benzene rings is 1. The average molecular weight is 206 g/mol. The van der Waals surface area contributed by atoms with Crippen LogP contribution in [0, 0.1) is 0 Å². The third-order valence-electron chi connectivity index (χ3n) is 2.99. The quantitative estimate of drug-likeness (QED) is 0.815. The molecule has 2 nitrogen and oxygen atoms in total. The van der Waals surface area contributed by atoms with Crippen LogP contribution in [-0.4, -0.2) is 20.1 Å². The van der Waals surface area contributed by atoms with Gasteiger partial charge in [0, 0.05) is 24.8 Å². The molecule has 0 spiro atoms. The molecule has 0 saturated carbocycles. The van der Waals surface area contributed by atoms with Crippen molar-refractivity contribution in [1.82, 2.24) is 5.32 Å². The van der Waals surface area contributed by atoms with E-state index in [0.717, 1.165) is 0 Å². The van der Waals surface area contributed by atoms with Gasteiger partial charge in [0.05, 0.1) is 0 Å². The Morgan fingerprint density at radius 1 is 1.13 bits per heavy atom. The number of nitrogens with one attached hydrogen (secondary N) is 1. The van der Waals surface area contributed by atoms with Crippen LogP contribution in [0.3, 0.4) is 0 Å². The second-order valence-electron chi connectivity index (χ2n) is 4.27. The molecule has 1 rings (SSSR count). The van der Waals surface area contributed by atoms with Crippen LogP contribution < -0.4 is 10.2 Å². The highest BCUT2D eigenvalue weighted by Gasteiger charge is 2.12. The molecule has 0 aliphatic heterocycles. The lowest BCUT2D eigenvalue weighted by Crippen LogP contribution is -2.28. The van der Waals surface area contributed by atoms with Gasteiger partial charge in [0.15, 0.2) is 0 Å². The minimum atomic E-state index is 0.391. The summed E-state index contributed by atoms with van der Waals surface area (Å²) in [7, 11) is 4.14. The van der Waals surface area contributed by atoms with Gasteiger partial charge in [-0.15, -0.1) is 0 Å². The minimum absolute atomic E-state index is 0.391. The van der Waals surface area contributed by atoms with E-state index in [2.05, 4.69) is 62.3 Å². The van der Waals surface area contributed by atoms with E-state index in [9.17, 15) is 0 Å². The van der Waals surface area contributed by atoms with Gasteiger partial charge in [-0.1, -0.05) is 18.2 Å². The van der Waals surface area contributed by atoms with Gasteiger partial charge in [0.1, 0.15) is 0 Å². The second kappa shape index (κ2) is 5.17. The fourth-order valence-corrected chi connectivity index (χ4v) is 1.61. The van der Waals surface area contributed by atoms with Crippen LogP contribution in [0.15, 0.2) is 24.3 Å². The van der Waals surface area contributed by atoms with Crippen LogP contribution >= 0.6 is 0 Å². The largest absolute Gasteiger partial charge is 0.372 e. The molecule has 0 bridgehead atoms. The molecule has 0 fully saturated rings. The fraction of sp³-hybridized carbons (Fsp3) is 0.538. The molecule has 84 valence electrons.